The normalized spacial score (nSPS) is 13.6. The first-order valence-electron chi connectivity index (χ1n) is 12.7. The average Bonchev–Trinajstić information content (AvgIpc) is 2.88. The van der Waals surface area contributed by atoms with Crippen molar-refractivity contribution in [2.24, 2.45) is 22.2 Å². The molecular formula is C28H49N7O2. The van der Waals surface area contributed by atoms with Gasteiger partial charge >= 0.3 is 0 Å². The van der Waals surface area contributed by atoms with Crippen molar-refractivity contribution in [1.29, 1.82) is 0 Å². The molecule has 1 aliphatic heterocycles. The fourth-order valence-electron chi connectivity index (χ4n) is 3.38. The van der Waals surface area contributed by atoms with Crippen molar-refractivity contribution in [3.05, 3.63) is 48.8 Å². The Labute approximate surface area is 224 Å². The third-order valence-corrected chi connectivity index (χ3v) is 4.98. The molecule has 9 heteroatoms. The number of likely N-dealkylation sites (tertiary alicyclic amines) is 1. The highest BCUT2D eigenvalue weighted by Crippen LogP contribution is 2.32. The van der Waals surface area contributed by atoms with Crippen molar-refractivity contribution in [2.75, 3.05) is 52.8 Å². The van der Waals surface area contributed by atoms with Gasteiger partial charge in [-0.05, 0) is 77.3 Å². The molecule has 0 bridgehead atoms. The van der Waals surface area contributed by atoms with Crippen LogP contribution < -0.4 is 27.3 Å². The highest BCUT2D eigenvalue weighted by Gasteiger charge is 2.18. The van der Waals surface area contributed by atoms with Gasteiger partial charge in [-0.1, -0.05) is 32.6 Å². The Morgan fingerprint density at radius 2 is 1.68 bits per heavy atom. The maximum absolute atomic E-state index is 5.75. The number of pyridine rings is 1. The average molecular weight is 516 g/mol. The first-order chi connectivity index (χ1) is 17.8. The van der Waals surface area contributed by atoms with Crippen LogP contribution in [0.2, 0.25) is 0 Å². The van der Waals surface area contributed by atoms with Crippen LogP contribution in [-0.4, -0.2) is 69.3 Å². The SMILES string of the molecule is C=C(C)N.CC.CN.COCCOc1ccc(-c2cnc(N=C(C)N)cc2NC2CCN(C)CC2)cc1. The van der Waals surface area contributed by atoms with Gasteiger partial charge in [0.05, 0.1) is 12.4 Å². The standard InChI is InChI=1S/C22H31N5O2.C3H7N.C2H6.CH5N/c1-16(23)25-22-14-21(26-18-8-10-27(2)11-9-18)20(15-24-22)17-4-6-19(7-5-17)29-13-12-28-3;1-3(2)4;2*1-2/h4-7,14-15,18H,8-13H2,1-3H3,(H3,23,24,25,26);1,4H2,2H3;1-2H3;2H2,1H3. The Bertz CT molecular complexity index is 901. The molecule has 0 saturated carbocycles. The van der Waals surface area contributed by atoms with Crippen molar-refractivity contribution < 1.29 is 9.47 Å². The predicted octanol–water partition coefficient (Wildman–Crippen LogP) is 4.37. The number of methoxy groups -OCH3 is 1. The molecule has 37 heavy (non-hydrogen) atoms. The van der Waals surface area contributed by atoms with Crippen molar-refractivity contribution in [3.8, 4) is 16.9 Å². The molecule has 0 unspecified atom stereocenters. The number of allylic oxidation sites excluding steroid dienone is 1. The number of benzene rings is 1. The van der Waals surface area contributed by atoms with Crippen molar-refractivity contribution >= 4 is 17.3 Å². The first-order valence-corrected chi connectivity index (χ1v) is 12.7. The van der Waals surface area contributed by atoms with E-state index >= 15 is 0 Å². The van der Waals surface area contributed by atoms with Crippen LogP contribution in [0.1, 0.15) is 40.5 Å². The summed E-state index contributed by atoms with van der Waals surface area (Å²) in [6, 6.07) is 10.5. The zero-order valence-corrected chi connectivity index (χ0v) is 23.9. The molecule has 3 rings (SSSR count). The van der Waals surface area contributed by atoms with Crippen LogP contribution in [0.3, 0.4) is 0 Å². The van der Waals surface area contributed by atoms with Gasteiger partial charge in [-0.15, -0.1) is 0 Å². The van der Waals surface area contributed by atoms with Crippen molar-refractivity contribution in [3.63, 3.8) is 0 Å². The van der Waals surface area contributed by atoms with Gasteiger partial charge in [0.25, 0.3) is 0 Å². The van der Waals surface area contributed by atoms with Crippen LogP contribution >= 0.6 is 0 Å². The van der Waals surface area contributed by atoms with Crippen LogP contribution in [0.15, 0.2) is 53.8 Å². The van der Waals surface area contributed by atoms with Gasteiger partial charge in [0.15, 0.2) is 5.82 Å². The summed E-state index contributed by atoms with van der Waals surface area (Å²) in [6.45, 7) is 14.1. The van der Waals surface area contributed by atoms with E-state index in [2.05, 4.69) is 51.7 Å². The van der Waals surface area contributed by atoms with Crippen LogP contribution in [-0.2, 0) is 4.74 Å². The molecule has 9 nitrogen and oxygen atoms in total. The third-order valence-electron chi connectivity index (χ3n) is 4.98. The molecule has 0 radical (unpaired) electrons. The van der Waals surface area contributed by atoms with Gasteiger partial charge in [-0.25, -0.2) is 9.98 Å². The highest BCUT2D eigenvalue weighted by molar-refractivity contribution is 5.83. The summed E-state index contributed by atoms with van der Waals surface area (Å²) in [7, 11) is 5.33. The van der Waals surface area contributed by atoms with E-state index in [1.807, 2.05) is 38.2 Å². The Hall–Kier alpha value is -3.14. The number of aliphatic imine (C=N–C) groups is 1. The minimum absolute atomic E-state index is 0.430. The Morgan fingerprint density at radius 1 is 1.11 bits per heavy atom. The van der Waals surface area contributed by atoms with E-state index in [0.717, 1.165) is 48.5 Å². The maximum Gasteiger partial charge on any atom is 0.155 e. The number of hydrogen-bond acceptors (Lipinski definition) is 8. The van der Waals surface area contributed by atoms with Crippen LogP contribution in [0.5, 0.6) is 5.75 Å². The Morgan fingerprint density at radius 3 is 2.19 bits per heavy atom. The number of anilines is 1. The molecule has 2 aromatic rings. The van der Waals surface area contributed by atoms with E-state index in [0.29, 0.717) is 36.6 Å². The van der Waals surface area contributed by atoms with Crippen LogP contribution in [0.25, 0.3) is 11.1 Å². The molecule has 208 valence electrons. The lowest BCUT2D eigenvalue weighted by molar-refractivity contribution is 0.146. The first kappa shape index (κ1) is 33.9. The number of aromatic nitrogens is 1. The molecule has 1 saturated heterocycles. The second-order valence-corrected chi connectivity index (χ2v) is 8.28. The fraction of sp³-hybridized carbons (Fsp3) is 0.500. The minimum atomic E-state index is 0.430. The maximum atomic E-state index is 5.75. The summed E-state index contributed by atoms with van der Waals surface area (Å²) in [5.74, 6) is 1.93. The van der Waals surface area contributed by atoms with Gasteiger partial charge < -0.3 is 36.9 Å². The second-order valence-electron chi connectivity index (χ2n) is 8.28. The number of amidine groups is 1. The zero-order valence-electron chi connectivity index (χ0n) is 23.9. The van der Waals surface area contributed by atoms with Crippen LogP contribution in [0.4, 0.5) is 11.5 Å². The third kappa shape index (κ3) is 14.3. The monoisotopic (exact) mass is 515 g/mol. The summed E-state index contributed by atoms with van der Waals surface area (Å²) in [6.07, 6.45) is 4.08. The van der Waals surface area contributed by atoms with Gasteiger partial charge in [0, 0.05) is 36.7 Å². The lowest BCUT2D eigenvalue weighted by atomic mass is 10.0. The predicted molar refractivity (Wildman–Crippen MR) is 159 cm³/mol. The fourth-order valence-corrected chi connectivity index (χ4v) is 3.38. The van der Waals surface area contributed by atoms with Gasteiger partial charge in [-0.2, -0.15) is 0 Å². The Kier molecular flexibility index (Phi) is 18.3. The van der Waals surface area contributed by atoms with E-state index in [-0.39, 0.29) is 0 Å². The quantitative estimate of drug-likeness (QED) is 0.231. The second kappa shape index (κ2) is 20.0. The van der Waals surface area contributed by atoms with Gasteiger partial charge in [0.1, 0.15) is 12.4 Å². The number of nitrogens with two attached hydrogens (primary N) is 3. The summed E-state index contributed by atoms with van der Waals surface area (Å²) < 4.78 is 10.7. The molecule has 0 amide bonds. The number of rotatable bonds is 8. The topological polar surface area (TPSA) is 137 Å². The number of nitrogens with one attached hydrogen (secondary N) is 1. The highest BCUT2D eigenvalue weighted by atomic mass is 16.5. The van der Waals surface area contributed by atoms with Gasteiger partial charge in [-0.3, -0.25) is 0 Å². The molecule has 0 aliphatic carbocycles. The van der Waals surface area contributed by atoms with E-state index < -0.39 is 0 Å². The van der Waals surface area contributed by atoms with E-state index in [1.54, 1.807) is 21.0 Å². The van der Waals surface area contributed by atoms with Crippen LogP contribution in [0, 0.1) is 0 Å². The van der Waals surface area contributed by atoms with Gasteiger partial charge in [0.2, 0.25) is 0 Å². The molecule has 0 atom stereocenters. The summed E-state index contributed by atoms with van der Waals surface area (Å²) in [4.78, 5) is 11.2. The lowest BCUT2D eigenvalue weighted by Crippen LogP contribution is -2.36. The number of ether oxygens (including phenoxy) is 2. The molecule has 7 N–H and O–H groups in total. The number of nitrogens with zero attached hydrogens (tertiary/aromatic N) is 3. The minimum Gasteiger partial charge on any atom is -0.491 e. The van der Waals surface area contributed by atoms with Crippen molar-refractivity contribution in [2.45, 2.75) is 46.6 Å². The summed E-state index contributed by atoms with van der Waals surface area (Å²) in [5, 5.41) is 3.71. The van der Waals surface area contributed by atoms with E-state index in [9.17, 15) is 0 Å². The lowest BCUT2D eigenvalue weighted by Gasteiger charge is -2.30. The molecule has 1 aromatic heterocycles. The van der Waals surface area contributed by atoms with E-state index in [1.165, 1.54) is 7.05 Å². The smallest absolute Gasteiger partial charge is 0.155 e. The molecule has 1 aliphatic rings. The molecule has 0 spiro atoms. The van der Waals surface area contributed by atoms with Crippen molar-refractivity contribution in [1.82, 2.24) is 9.88 Å². The largest absolute Gasteiger partial charge is 0.491 e. The zero-order chi connectivity index (χ0) is 28.2. The molecule has 1 fully saturated rings. The summed E-state index contributed by atoms with van der Waals surface area (Å²) in [5.41, 5.74) is 19.0. The summed E-state index contributed by atoms with van der Waals surface area (Å²) >= 11 is 0. The Balaban J connectivity index is 0.00000145. The molecular weight excluding hydrogens is 466 g/mol. The number of piperidine rings is 1. The molecule has 1 aromatic carbocycles. The molecule has 2 heterocycles. The number of hydrogen-bond donors (Lipinski definition) is 4. The van der Waals surface area contributed by atoms with E-state index in [4.69, 9.17) is 20.9 Å².